The number of anilines is 2. The third-order valence-electron chi connectivity index (χ3n) is 15.4. The van der Waals surface area contributed by atoms with Crippen molar-refractivity contribution in [1.82, 2.24) is 35.3 Å². The van der Waals surface area contributed by atoms with Crippen molar-refractivity contribution in [3.05, 3.63) is 106 Å². The summed E-state index contributed by atoms with van der Waals surface area (Å²) in [5.41, 5.74) is 1.67. The fourth-order valence-electron chi connectivity index (χ4n) is 10.5. The molecule has 26 heteroatoms. The number of halogens is 6. The van der Waals surface area contributed by atoms with Gasteiger partial charge in [-0.1, -0.05) is 46.2 Å². The monoisotopic (exact) mass is 1210 g/mol. The number of hydrogen-bond acceptors (Lipinski definition) is 13. The van der Waals surface area contributed by atoms with Gasteiger partial charge in [0, 0.05) is 78.3 Å². The van der Waals surface area contributed by atoms with Gasteiger partial charge in [0.2, 0.25) is 18.2 Å². The van der Waals surface area contributed by atoms with Crippen LogP contribution in [0.5, 0.6) is 0 Å². The molecule has 2 aromatic heterocycles. The summed E-state index contributed by atoms with van der Waals surface area (Å²) in [5.74, 6) is -0.846. The third-order valence-corrected chi connectivity index (χ3v) is 16.2. The quantitative estimate of drug-likeness (QED) is 0.0128. The summed E-state index contributed by atoms with van der Waals surface area (Å²) in [6, 6.07) is 13.6. The molecule has 3 unspecified atom stereocenters. The number of aryl methyl sites for hydroxylation is 1. The first-order valence-corrected chi connectivity index (χ1v) is 29.1. The molecule has 4 aliphatic rings. The second-order valence-corrected chi connectivity index (χ2v) is 23.7. The van der Waals surface area contributed by atoms with Gasteiger partial charge in [0.25, 0.3) is 17.7 Å². The number of aromatic nitrogens is 4. The minimum Gasteiger partial charge on any atom is -0.462 e. The number of hydrogen-bond donors (Lipinski definition) is 3. The molecule has 0 radical (unpaired) electrons. The maximum atomic E-state index is 15.0. The summed E-state index contributed by atoms with van der Waals surface area (Å²) >= 11 is 1.51. The number of amides is 6. The van der Waals surface area contributed by atoms with Crippen LogP contribution in [0.4, 0.5) is 37.8 Å². The molecular formula is C59H75F6N10O9S+. The average molecular weight is 1210 g/mol. The number of nitrogens with zero attached hydrogens (tertiary/aromatic N) is 7. The van der Waals surface area contributed by atoms with E-state index < -0.39 is 41.2 Å². The van der Waals surface area contributed by atoms with Gasteiger partial charge in [-0.25, -0.2) is 9.78 Å². The molecule has 6 amide bonds. The first-order chi connectivity index (χ1) is 40.1. The number of likely N-dealkylation sites (tertiary alicyclic amines) is 1. The molecule has 4 atom stereocenters. The number of carbonyl (C=O) groups is 7. The lowest BCUT2D eigenvalue weighted by atomic mass is 9.76. The molecule has 2 aromatic carbocycles. The van der Waals surface area contributed by atoms with E-state index in [-0.39, 0.29) is 47.3 Å². The molecule has 0 bridgehead atoms. The van der Waals surface area contributed by atoms with Crippen LogP contribution in [-0.4, -0.2) is 135 Å². The number of benzene rings is 2. The van der Waals surface area contributed by atoms with Crippen LogP contribution in [0, 0.1) is 11.8 Å². The van der Waals surface area contributed by atoms with Gasteiger partial charge in [-0.05, 0) is 98.7 Å². The topological polar surface area (TPSA) is 224 Å². The van der Waals surface area contributed by atoms with Gasteiger partial charge >= 0.3 is 18.3 Å². The number of fused-ring (bicyclic) bond motifs is 1. The molecule has 85 heavy (non-hydrogen) atoms. The van der Waals surface area contributed by atoms with Crippen LogP contribution in [0.15, 0.2) is 72.0 Å². The van der Waals surface area contributed by atoms with Crippen LogP contribution in [0.3, 0.4) is 0 Å². The molecule has 19 nitrogen and oxygen atoms in total. The number of unbranched alkanes of at least 4 members (excludes halogenated alkanes) is 2. The maximum Gasteiger partial charge on any atom is 0.490 e. The Kier molecular flexibility index (Phi) is 23.1. The van der Waals surface area contributed by atoms with Crippen molar-refractivity contribution in [2.45, 2.75) is 141 Å². The van der Waals surface area contributed by atoms with Crippen molar-refractivity contribution in [2.75, 3.05) is 55.9 Å². The highest BCUT2D eigenvalue weighted by Crippen LogP contribution is 2.43. The zero-order valence-corrected chi connectivity index (χ0v) is 49.8. The van der Waals surface area contributed by atoms with Gasteiger partial charge < -0.3 is 34.5 Å². The van der Waals surface area contributed by atoms with E-state index in [0.29, 0.717) is 97.6 Å². The summed E-state index contributed by atoms with van der Waals surface area (Å²) in [6.07, 6.45) is 0.508. The number of alkyl halides is 6. The number of imide groups is 1. The number of nitrogens with one attached hydrogen (secondary N) is 3. The fraction of sp³-hybridized carbons (Fsp3) is 0.525. The van der Waals surface area contributed by atoms with Crippen LogP contribution >= 0.6 is 11.8 Å². The highest BCUT2D eigenvalue weighted by molar-refractivity contribution is 7.99. The minimum atomic E-state index is -4.85. The molecule has 0 saturated carbocycles. The molecule has 462 valence electrons. The first-order valence-electron chi connectivity index (χ1n) is 28.1. The highest BCUT2D eigenvalue weighted by Gasteiger charge is 2.46. The summed E-state index contributed by atoms with van der Waals surface area (Å²) in [5, 5.41) is 17.2. The molecule has 4 aromatic rings. The Hall–Kier alpha value is -7.19. The van der Waals surface area contributed by atoms with Crippen LogP contribution in [0.2, 0.25) is 0 Å². The number of pyridine rings is 1. The smallest absolute Gasteiger partial charge is 0.462 e. The van der Waals surface area contributed by atoms with E-state index in [0.717, 1.165) is 67.9 Å². The lowest BCUT2D eigenvalue weighted by Gasteiger charge is -2.44. The number of thioether (sulfide) groups is 1. The lowest BCUT2D eigenvalue weighted by molar-refractivity contribution is -0.960. The normalized spacial score (nSPS) is 18.8. The molecule has 8 rings (SSSR count). The number of piperidine rings is 1. The summed E-state index contributed by atoms with van der Waals surface area (Å²) < 4.78 is 89.4. The zero-order valence-electron chi connectivity index (χ0n) is 49.0. The first kappa shape index (κ1) is 66.9. The van der Waals surface area contributed by atoms with Gasteiger partial charge in [0.1, 0.15) is 37.1 Å². The van der Waals surface area contributed by atoms with Gasteiger partial charge in [0.15, 0.2) is 0 Å². The Morgan fingerprint density at radius 1 is 0.941 bits per heavy atom. The van der Waals surface area contributed by atoms with Crippen molar-refractivity contribution in [3.63, 3.8) is 0 Å². The second kappa shape index (κ2) is 29.3. The van der Waals surface area contributed by atoms with Crippen LogP contribution in [0.25, 0.3) is 0 Å². The van der Waals surface area contributed by atoms with E-state index in [1.54, 1.807) is 31.5 Å². The molecule has 0 aliphatic carbocycles. The maximum absolute atomic E-state index is 15.0. The number of rotatable bonds is 22. The summed E-state index contributed by atoms with van der Waals surface area (Å²) in [6.45, 7) is 15.4. The van der Waals surface area contributed by atoms with Gasteiger partial charge in [-0.2, -0.15) is 26.3 Å². The van der Waals surface area contributed by atoms with Crippen molar-refractivity contribution >= 4 is 65.2 Å². The molecule has 2 fully saturated rings. The van der Waals surface area contributed by atoms with Crippen molar-refractivity contribution in [3.8, 4) is 0 Å². The largest absolute Gasteiger partial charge is 0.490 e. The fourth-order valence-corrected chi connectivity index (χ4v) is 11.2. The summed E-state index contributed by atoms with van der Waals surface area (Å²) in [7, 11) is 2.55. The number of methoxy groups -OCH3 is 1. The Labute approximate surface area is 494 Å². The second-order valence-electron chi connectivity index (χ2n) is 22.4. The SMILES string of the molecule is CC(C)C(C)NC(=O)CCCCCN1C(=O)C=CC1=O.CCSc1cc(C2(Cc3nncn3C)COC2)cc(N2Cc3c(cc(C[N+]4(Cc5ccc(NC(=O)C(C)NC=O)cc5)CCC[C@H](C)C4)cc3C(F)(F)F)C2=O)n1.COC(=O)C(F)(F)F. The zero-order chi connectivity index (χ0) is 62.4. The number of esters is 1. The number of quaternary nitrogens is 1. The van der Waals surface area contributed by atoms with E-state index in [9.17, 15) is 46.7 Å². The summed E-state index contributed by atoms with van der Waals surface area (Å²) in [4.78, 5) is 88.7. The predicted molar refractivity (Wildman–Crippen MR) is 304 cm³/mol. The van der Waals surface area contributed by atoms with Crippen LogP contribution in [0.1, 0.15) is 124 Å². The van der Waals surface area contributed by atoms with Crippen molar-refractivity contribution in [1.29, 1.82) is 0 Å². The lowest BCUT2D eigenvalue weighted by Crippen LogP contribution is -2.52. The van der Waals surface area contributed by atoms with Crippen molar-refractivity contribution in [2.24, 2.45) is 18.9 Å². The Balaban J connectivity index is 0.000000341. The molecular weight excluding hydrogens is 1140 g/mol. The van der Waals surface area contributed by atoms with Crippen LogP contribution < -0.4 is 20.9 Å². The van der Waals surface area contributed by atoms with Crippen molar-refractivity contribution < 1.29 is 73.9 Å². The molecule has 6 heterocycles. The Morgan fingerprint density at radius 2 is 1.62 bits per heavy atom. The van der Waals surface area contributed by atoms with E-state index in [2.05, 4.69) is 51.7 Å². The molecule has 0 spiro atoms. The van der Waals surface area contributed by atoms with Gasteiger partial charge in [0.05, 0.1) is 50.5 Å². The van der Waals surface area contributed by atoms with E-state index in [1.807, 2.05) is 49.7 Å². The average Bonchev–Trinajstić information content (AvgIpc) is 2.02. The number of carbonyl (C=O) groups excluding carboxylic acids is 7. The van der Waals surface area contributed by atoms with E-state index >= 15 is 13.2 Å². The molecule has 3 N–H and O–H groups in total. The highest BCUT2D eigenvalue weighted by atomic mass is 32.2. The minimum absolute atomic E-state index is 0.0391. The van der Waals surface area contributed by atoms with Gasteiger partial charge in [-0.15, -0.1) is 22.0 Å². The Morgan fingerprint density at radius 3 is 2.18 bits per heavy atom. The number of ether oxygens (including phenoxy) is 2. The standard InChI is InChI=1S/C41H47F3N8O4S.C15H24N2O3.C3H3F3O2/c1-5-57-37-16-30(40(22-56-23-40)17-36-49-46-24-50(36)4)15-35(48-37)51-18-33-32(39(51)55)13-29(14-34(33)41(42,43)44)21-52(12-6-7-26(2)19-52)20-28-8-10-31(11-9-28)47-38(54)27(3)45-25-53;1-11(2)12(3)16-13(18)7-5-4-6-10-17-14(19)8-9-15(17)20;1-8-2(7)3(4,5)6/h8-11,13-16,24-27H,5-7,12,17-23H2,1-4H3,(H-,45,47,53,54);8-9,11-12H,4-7,10H2,1-3H3,(H,16,18);1H3/p+1/t26-,27?,52?;;/m0../s1. The van der Waals surface area contributed by atoms with Crippen LogP contribution in [-0.2, 0) is 82.9 Å². The molecule has 2 saturated heterocycles. The third kappa shape index (κ3) is 17.9. The van der Waals surface area contributed by atoms with E-state index in [1.165, 1.54) is 39.8 Å². The Bertz CT molecular complexity index is 3040. The van der Waals surface area contributed by atoms with Gasteiger partial charge in [-0.3, -0.25) is 38.6 Å². The van der Waals surface area contributed by atoms with E-state index in [4.69, 9.17) is 9.72 Å². The molecule has 4 aliphatic heterocycles. The predicted octanol–water partition coefficient (Wildman–Crippen LogP) is 8.39.